The summed E-state index contributed by atoms with van der Waals surface area (Å²) in [6, 6.07) is 11.4. The van der Waals surface area contributed by atoms with Crippen LogP contribution in [0.4, 0.5) is 0 Å². The largest absolute Gasteiger partial charge is 0.309 e. The van der Waals surface area contributed by atoms with E-state index in [1.165, 1.54) is 29.7 Å². The SMILES string of the molecule is Cn1nccc1CCNC1c2ccccc2CCC1(C)C. The molecule has 3 nitrogen and oxygen atoms in total. The van der Waals surface area contributed by atoms with Gasteiger partial charge >= 0.3 is 0 Å². The minimum absolute atomic E-state index is 0.306. The Morgan fingerprint density at radius 1 is 1.29 bits per heavy atom. The highest BCUT2D eigenvalue weighted by Crippen LogP contribution is 2.43. The van der Waals surface area contributed by atoms with E-state index in [0.717, 1.165) is 13.0 Å². The molecule has 2 aromatic rings. The van der Waals surface area contributed by atoms with E-state index in [1.54, 1.807) is 0 Å². The van der Waals surface area contributed by atoms with Gasteiger partial charge in [0.15, 0.2) is 0 Å². The lowest BCUT2D eigenvalue weighted by atomic mass is 9.70. The Hall–Kier alpha value is -1.61. The van der Waals surface area contributed by atoms with Crippen LogP contribution in [-0.4, -0.2) is 16.3 Å². The third-order valence-corrected chi connectivity index (χ3v) is 4.84. The number of fused-ring (bicyclic) bond motifs is 1. The van der Waals surface area contributed by atoms with E-state index in [0.29, 0.717) is 11.5 Å². The van der Waals surface area contributed by atoms with Gasteiger partial charge in [-0.2, -0.15) is 5.10 Å². The van der Waals surface area contributed by atoms with Crippen LogP contribution in [0.1, 0.15) is 43.1 Å². The molecule has 1 heterocycles. The predicted octanol–water partition coefficient (Wildman–Crippen LogP) is 3.27. The molecule has 3 rings (SSSR count). The normalized spacial score (nSPS) is 20.2. The Bertz CT molecular complexity index is 612. The van der Waals surface area contributed by atoms with Crippen molar-refractivity contribution in [2.45, 2.75) is 39.2 Å². The van der Waals surface area contributed by atoms with E-state index in [1.807, 2.05) is 17.9 Å². The quantitative estimate of drug-likeness (QED) is 0.933. The van der Waals surface area contributed by atoms with Crippen LogP contribution in [0.15, 0.2) is 36.5 Å². The molecule has 0 saturated heterocycles. The summed E-state index contributed by atoms with van der Waals surface area (Å²) in [5.41, 5.74) is 4.58. The molecule has 1 aliphatic carbocycles. The number of nitrogens with one attached hydrogen (secondary N) is 1. The Balaban J connectivity index is 1.72. The first-order chi connectivity index (χ1) is 10.1. The van der Waals surface area contributed by atoms with Gasteiger partial charge in [0.1, 0.15) is 0 Å². The van der Waals surface area contributed by atoms with E-state index < -0.39 is 0 Å². The molecule has 1 unspecified atom stereocenters. The Morgan fingerprint density at radius 2 is 2.10 bits per heavy atom. The first kappa shape index (κ1) is 14.3. The smallest absolute Gasteiger partial charge is 0.0492 e. The molecule has 1 N–H and O–H groups in total. The zero-order chi connectivity index (χ0) is 14.9. The zero-order valence-corrected chi connectivity index (χ0v) is 13.3. The van der Waals surface area contributed by atoms with Crippen molar-refractivity contribution in [3.05, 3.63) is 53.3 Å². The molecule has 0 fully saturated rings. The molecule has 0 radical (unpaired) electrons. The summed E-state index contributed by atoms with van der Waals surface area (Å²) in [6.07, 6.45) is 5.33. The summed E-state index contributed by atoms with van der Waals surface area (Å²) >= 11 is 0. The van der Waals surface area contributed by atoms with Gasteiger partial charge in [-0.05, 0) is 35.4 Å². The first-order valence-electron chi connectivity index (χ1n) is 7.86. The second-order valence-corrected chi connectivity index (χ2v) is 6.77. The lowest BCUT2D eigenvalue weighted by Gasteiger charge is -2.40. The van der Waals surface area contributed by atoms with E-state index in [9.17, 15) is 0 Å². The summed E-state index contributed by atoms with van der Waals surface area (Å²) in [6.45, 7) is 5.75. The van der Waals surface area contributed by atoms with Crippen LogP contribution in [0.25, 0.3) is 0 Å². The number of aromatic nitrogens is 2. The molecule has 0 bridgehead atoms. The van der Waals surface area contributed by atoms with E-state index in [4.69, 9.17) is 0 Å². The fourth-order valence-electron chi connectivity index (χ4n) is 3.44. The lowest BCUT2D eigenvalue weighted by Crippen LogP contribution is -2.39. The van der Waals surface area contributed by atoms with E-state index in [-0.39, 0.29) is 0 Å². The van der Waals surface area contributed by atoms with Gasteiger partial charge in [-0.25, -0.2) is 0 Å². The molecule has 0 spiro atoms. The van der Waals surface area contributed by atoms with Crippen LogP contribution in [-0.2, 0) is 19.9 Å². The minimum atomic E-state index is 0.306. The van der Waals surface area contributed by atoms with Gasteiger partial charge < -0.3 is 5.32 Å². The minimum Gasteiger partial charge on any atom is -0.309 e. The zero-order valence-electron chi connectivity index (χ0n) is 13.3. The average Bonchev–Trinajstić information content (AvgIpc) is 2.87. The second kappa shape index (κ2) is 5.64. The fraction of sp³-hybridized carbons (Fsp3) is 0.500. The van der Waals surface area contributed by atoms with Crippen molar-refractivity contribution in [1.29, 1.82) is 0 Å². The Morgan fingerprint density at radius 3 is 2.86 bits per heavy atom. The lowest BCUT2D eigenvalue weighted by molar-refractivity contribution is 0.210. The molecule has 0 aliphatic heterocycles. The third kappa shape index (κ3) is 2.88. The van der Waals surface area contributed by atoms with Crippen molar-refractivity contribution in [3.63, 3.8) is 0 Å². The van der Waals surface area contributed by atoms with Crippen molar-refractivity contribution in [1.82, 2.24) is 15.1 Å². The van der Waals surface area contributed by atoms with Crippen LogP contribution in [0, 0.1) is 5.41 Å². The molecular weight excluding hydrogens is 258 g/mol. The Kier molecular flexibility index (Phi) is 3.85. The second-order valence-electron chi connectivity index (χ2n) is 6.77. The van der Waals surface area contributed by atoms with Crippen molar-refractivity contribution in [2.75, 3.05) is 6.54 Å². The molecular formula is C18H25N3. The standard InChI is InChI=1S/C18H25N3/c1-18(2)11-8-14-6-4-5-7-16(14)17(18)19-12-9-15-10-13-20-21(15)3/h4-7,10,13,17,19H,8-9,11-12H2,1-3H3. The van der Waals surface area contributed by atoms with Crippen molar-refractivity contribution in [2.24, 2.45) is 12.5 Å². The molecule has 1 aliphatic rings. The summed E-state index contributed by atoms with van der Waals surface area (Å²) in [5, 5.41) is 8.03. The maximum Gasteiger partial charge on any atom is 0.0492 e. The molecule has 1 aromatic heterocycles. The molecule has 1 aromatic carbocycles. The van der Waals surface area contributed by atoms with Gasteiger partial charge in [0.2, 0.25) is 0 Å². The maximum atomic E-state index is 4.24. The van der Waals surface area contributed by atoms with E-state index in [2.05, 4.69) is 54.6 Å². The van der Waals surface area contributed by atoms with Crippen LogP contribution < -0.4 is 5.32 Å². The monoisotopic (exact) mass is 283 g/mol. The highest BCUT2D eigenvalue weighted by Gasteiger charge is 2.35. The summed E-state index contributed by atoms with van der Waals surface area (Å²) < 4.78 is 1.96. The van der Waals surface area contributed by atoms with Crippen molar-refractivity contribution < 1.29 is 0 Å². The number of aryl methyl sites for hydroxylation is 2. The van der Waals surface area contributed by atoms with Gasteiger partial charge in [0, 0.05) is 37.9 Å². The van der Waals surface area contributed by atoms with Crippen LogP contribution >= 0.6 is 0 Å². The number of hydrogen-bond donors (Lipinski definition) is 1. The number of nitrogens with zero attached hydrogens (tertiary/aromatic N) is 2. The van der Waals surface area contributed by atoms with E-state index >= 15 is 0 Å². The molecule has 112 valence electrons. The van der Waals surface area contributed by atoms with Gasteiger partial charge in [0.05, 0.1) is 0 Å². The van der Waals surface area contributed by atoms with Gasteiger partial charge in [0.25, 0.3) is 0 Å². The molecule has 0 amide bonds. The number of hydrogen-bond acceptors (Lipinski definition) is 2. The van der Waals surface area contributed by atoms with Gasteiger partial charge in [-0.3, -0.25) is 4.68 Å². The molecule has 21 heavy (non-hydrogen) atoms. The summed E-state index contributed by atoms with van der Waals surface area (Å²) in [7, 11) is 2.01. The highest BCUT2D eigenvalue weighted by atomic mass is 15.3. The molecule has 0 saturated carbocycles. The number of rotatable bonds is 4. The average molecular weight is 283 g/mol. The van der Waals surface area contributed by atoms with Gasteiger partial charge in [-0.15, -0.1) is 0 Å². The van der Waals surface area contributed by atoms with Crippen molar-refractivity contribution >= 4 is 0 Å². The predicted molar refractivity (Wildman–Crippen MR) is 86.2 cm³/mol. The fourth-order valence-corrected chi connectivity index (χ4v) is 3.44. The maximum absolute atomic E-state index is 4.24. The molecule has 3 heteroatoms. The van der Waals surface area contributed by atoms with Crippen LogP contribution in [0.2, 0.25) is 0 Å². The number of benzene rings is 1. The van der Waals surface area contributed by atoms with Crippen molar-refractivity contribution in [3.8, 4) is 0 Å². The third-order valence-electron chi connectivity index (χ3n) is 4.84. The Labute approximate surface area is 127 Å². The first-order valence-corrected chi connectivity index (χ1v) is 7.86. The van der Waals surface area contributed by atoms with Crippen LogP contribution in [0.5, 0.6) is 0 Å². The topological polar surface area (TPSA) is 29.9 Å². The molecule has 1 atom stereocenters. The highest BCUT2D eigenvalue weighted by molar-refractivity contribution is 5.34. The summed E-state index contributed by atoms with van der Waals surface area (Å²) in [4.78, 5) is 0. The van der Waals surface area contributed by atoms with Crippen LogP contribution in [0.3, 0.4) is 0 Å². The van der Waals surface area contributed by atoms with Gasteiger partial charge in [-0.1, -0.05) is 38.1 Å². The summed E-state index contributed by atoms with van der Waals surface area (Å²) in [5.74, 6) is 0.